The molecule has 0 atom stereocenters. The number of anilines is 1. The van der Waals surface area contributed by atoms with Crippen molar-refractivity contribution in [3.8, 4) is 5.75 Å². The predicted octanol–water partition coefficient (Wildman–Crippen LogP) is 5.82. The number of amides is 1. The molecule has 2 aromatic rings. The highest BCUT2D eigenvalue weighted by Gasteiger charge is 2.03. The summed E-state index contributed by atoms with van der Waals surface area (Å²) in [5.41, 5.74) is 1.44. The van der Waals surface area contributed by atoms with Crippen molar-refractivity contribution in [2.75, 3.05) is 11.9 Å². The SMILES string of the molecule is CCCCOc1ccc(C=CC(=O)Nc2ccc(Cl)cc2Cl)cc1. The van der Waals surface area contributed by atoms with Crippen LogP contribution in [0.1, 0.15) is 25.3 Å². The highest BCUT2D eigenvalue weighted by Crippen LogP contribution is 2.25. The van der Waals surface area contributed by atoms with Crippen LogP contribution in [0.3, 0.4) is 0 Å². The van der Waals surface area contributed by atoms with E-state index in [2.05, 4.69) is 12.2 Å². The van der Waals surface area contributed by atoms with Crippen molar-refractivity contribution in [2.24, 2.45) is 0 Å². The fraction of sp³-hybridized carbons (Fsp3) is 0.211. The third-order valence-electron chi connectivity index (χ3n) is 3.26. The standard InChI is InChI=1S/C19H19Cl2NO2/c1-2-3-12-24-16-8-4-14(5-9-16)6-11-19(23)22-18-10-7-15(20)13-17(18)21/h4-11,13H,2-3,12H2,1H3,(H,22,23). The lowest BCUT2D eigenvalue weighted by molar-refractivity contribution is -0.111. The van der Waals surface area contributed by atoms with Crippen LogP contribution < -0.4 is 10.1 Å². The van der Waals surface area contributed by atoms with Crippen molar-refractivity contribution in [3.05, 3.63) is 64.1 Å². The summed E-state index contributed by atoms with van der Waals surface area (Å²) in [6.45, 7) is 2.84. The van der Waals surface area contributed by atoms with Crippen molar-refractivity contribution in [3.63, 3.8) is 0 Å². The summed E-state index contributed by atoms with van der Waals surface area (Å²) in [6, 6.07) is 12.5. The smallest absolute Gasteiger partial charge is 0.248 e. The molecule has 0 radical (unpaired) electrons. The Hall–Kier alpha value is -1.97. The molecule has 24 heavy (non-hydrogen) atoms. The maximum Gasteiger partial charge on any atom is 0.248 e. The second-order valence-electron chi connectivity index (χ2n) is 5.22. The van der Waals surface area contributed by atoms with E-state index in [-0.39, 0.29) is 5.91 Å². The normalized spacial score (nSPS) is 10.8. The number of unbranched alkanes of at least 4 members (excludes halogenated alkanes) is 1. The molecule has 1 amide bonds. The van der Waals surface area contributed by atoms with E-state index in [1.54, 1.807) is 24.3 Å². The largest absolute Gasteiger partial charge is 0.494 e. The highest BCUT2D eigenvalue weighted by atomic mass is 35.5. The first-order valence-corrected chi connectivity index (χ1v) is 8.51. The summed E-state index contributed by atoms with van der Waals surface area (Å²) >= 11 is 11.8. The van der Waals surface area contributed by atoms with E-state index < -0.39 is 0 Å². The average molecular weight is 364 g/mol. The molecule has 0 aliphatic heterocycles. The van der Waals surface area contributed by atoms with Gasteiger partial charge in [0.15, 0.2) is 0 Å². The van der Waals surface area contributed by atoms with E-state index in [1.807, 2.05) is 24.3 Å². The average Bonchev–Trinajstić information content (AvgIpc) is 2.57. The molecule has 0 spiro atoms. The topological polar surface area (TPSA) is 38.3 Å². The van der Waals surface area contributed by atoms with E-state index in [0.717, 1.165) is 30.8 Å². The minimum Gasteiger partial charge on any atom is -0.494 e. The molecule has 0 aromatic heterocycles. The van der Waals surface area contributed by atoms with E-state index in [0.29, 0.717) is 15.7 Å². The third-order valence-corrected chi connectivity index (χ3v) is 3.81. The van der Waals surface area contributed by atoms with Crippen LogP contribution in [0.2, 0.25) is 10.0 Å². The Morgan fingerprint density at radius 3 is 2.58 bits per heavy atom. The lowest BCUT2D eigenvalue weighted by atomic mass is 10.2. The lowest BCUT2D eigenvalue weighted by Crippen LogP contribution is -2.08. The van der Waals surface area contributed by atoms with Gasteiger partial charge >= 0.3 is 0 Å². The first kappa shape index (κ1) is 18.4. The summed E-state index contributed by atoms with van der Waals surface area (Å²) in [6.07, 6.45) is 5.33. The Bertz CT molecular complexity index is 712. The van der Waals surface area contributed by atoms with Crippen LogP contribution >= 0.6 is 23.2 Å². The second kappa shape index (κ2) is 9.36. The van der Waals surface area contributed by atoms with Gasteiger partial charge in [0.25, 0.3) is 0 Å². The molecule has 0 aliphatic rings. The summed E-state index contributed by atoms with van der Waals surface area (Å²) in [4.78, 5) is 12.0. The molecule has 0 saturated heterocycles. The monoisotopic (exact) mass is 363 g/mol. The van der Waals surface area contributed by atoms with Crippen LogP contribution in [0, 0.1) is 0 Å². The Kier molecular flexibility index (Phi) is 7.16. The van der Waals surface area contributed by atoms with Gasteiger partial charge in [0.05, 0.1) is 17.3 Å². The molecule has 2 aromatic carbocycles. The minimum atomic E-state index is -0.262. The number of hydrogen-bond donors (Lipinski definition) is 1. The van der Waals surface area contributed by atoms with Gasteiger partial charge in [-0.25, -0.2) is 0 Å². The van der Waals surface area contributed by atoms with Crippen LogP contribution in [0.25, 0.3) is 6.08 Å². The van der Waals surface area contributed by atoms with Gasteiger partial charge in [-0.15, -0.1) is 0 Å². The molecule has 0 fully saturated rings. The van der Waals surface area contributed by atoms with Crippen LogP contribution in [-0.2, 0) is 4.79 Å². The number of carbonyl (C=O) groups excluding carboxylic acids is 1. The molecule has 0 heterocycles. The second-order valence-corrected chi connectivity index (χ2v) is 6.06. The quantitative estimate of drug-likeness (QED) is 0.496. The zero-order valence-electron chi connectivity index (χ0n) is 13.4. The molecule has 3 nitrogen and oxygen atoms in total. The lowest BCUT2D eigenvalue weighted by Gasteiger charge is -2.06. The number of rotatable bonds is 7. The maximum atomic E-state index is 12.0. The Morgan fingerprint density at radius 2 is 1.92 bits per heavy atom. The molecule has 5 heteroatoms. The number of ether oxygens (including phenoxy) is 1. The number of hydrogen-bond acceptors (Lipinski definition) is 2. The van der Waals surface area contributed by atoms with E-state index >= 15 is 0 Å². The Morgan fingerprint density at radius 1 is 1.17 bits per heavy atom. The summed E-state index contributed by atoms with van der Waals surface area (Å²) in [7, 11) is 0. The van der Waals surface area contributed by atoms with Crippen molar-refractivity contribution in [1.29, 1.82) is 0 Å². The van der Waals surface area contributed by atoms with Crippen LogP contribution in [-0.4, -0.2) is 12.5 Å². The van der Waals surface area contributed by atoms with Crippen molar-refractivity contribution in [2.45, 2.75) is 19.8 Å². The molecular formula is C19H19Cl2NO2. The van der Waals surface area contributed by atoms with E-state index in [1.165, 1.54) is 6.08 Å². The van der Waals surface area contributed by atoms with Crippen molar-refractivity contribution in [1.82, 2.24) is 0 Å². The van der Waals surface area contributed by atoms with Gasteiger partial charge in [0, 0.05) is 11.1 Å². The van der Waals surface area contributed by atoms with Crippen molar-refractivity contribution >= 4 is 40.9 Å². The highest BCUT2D eigenvalue weighted by molar-refractivity contribution is 6.36. The molecule has 0 unspecified atom stereocenters. The summed E-state index contributed by atoms with van der Waals surface area (Å²) < 4.78 is 5.60. The van der Waals surface area contributed by atoms with E-state index in [4.69, 9.17) is 27.9 Å². The van der Waals surface area contributed by atoms with Crippen LogP contribution in [0.4, 0.5) is 5.69 Å². The Labute approximate surface area is 152 Å². The molecular weight excluding hydrogens is 345 g/mol. The molecule has 0 aliphatic carbocycles. The van der Waals surface area contributed by atoms with Gasteiger partial charge in [0.1, 0.15) is 5.75 Å². The number of benzene rings is 2. The number of carbonyl (C=O) groups is 1. The molecule has 2 rings (SSSR count). The molecule has 0 bridgehead atoms. The first-order chi connectivity index (χ1) is 11.6. The van der Waals surface area contributed by atoms with E-state index in [9.17, 15) is 4.79 Å². The molecule has 0 saturated carbocycles. The summed E-state index contributed by atoms with van der Waals surface area (Å²) in [5, 5.41) is 3.64. The van der Waals surface area contributed by atoms with Gasteiger partial charge in [0.2, 0.25) is 5.91 Å². The maximum absolute atomic E-state index is 12.0. The third kappa shape index (κ3) is 5.91. The number of halogens is 2. The summed E-state index contributed by atoms with van der Waals surface area (Å²) in [5.74, 6) is 0.570. The van der Waals surface area contributed by atoms with Crippen LogP contribution in [0.15, 0.2) is 48.5 Å². The number of nitrogens with one attached hydrogen (secondary N) is 1. The zero-order valence-corrected chi connectivity index (χ0v) is 14.9. The van der Waals surface area contributed by atoms with Gasteiger partial charge in [-0.1, -0.05) is 48.7 Å². The predicted molar refractivity (Wildman–Crippen MR) is 101 cm³/mol. The van der Waals surface area contributed by atoms with Gasteiger partial charge in [-0.3, -0.25) is 4.79 Å². The zero-order chi connectivity index (χ0) is 17.4. The van der Waals surface area contributed by atoms with Gasteiger partial charge < -0.3 is 10.1 Å². The van der Waals surface area contributed by atoms with Gasteiger partial charge in [-0.2, -0.15) is 0 Å². The molecule has 126 valence electrons. The van der Waals surface area contributed by atoms with Crippen LogP contribution in [0.5, 0.6) is 5.75 Å². The fourth-order valence-electron chi connectivity index (χ4n) is 1.95. The van der Waals surface area contributed by atoms with Crippen molar-refractivity contribution < 1.29 is 9.53 Å². The van der Waals surface area contributed by atoms with Gasteiger partial charge in [-0.05, 0) is 48.4 Å². The molecule has 1 N–H and O–H groups in total. The minimum absolute atomic E-state index is 0.262. The first-order valence-electron chi connectivity index (χ1n) is 7.75. The fourth-order valence-corrected chi connectivity index (χ4v) is 2.40. The Balaban J connectivity index is 1.91.